The van der Waals surface area contributed by atoms with Crippen molar-refractivity contribution >= 4 is 50.8 Å². The summed E-state index contributed by atoms with van der Waals surface area (Å²) in [6, 6.07) is 13.4. The van der Waals surface area contributed by atoms with Gasteiger partial charge in [0, 0.05) is 13.1 Å². The molecule has 0 N–H and O–H groups in total. The van der Waals surface area contributed by atoms with Crippen molar-refractivity contribution in [3.05, 3.63) is 68.5 Å². The maximum absolute atomic E-state index is 12.8. The van der Waals surface area contributed by atoms with Crippen LogP contribution in [0.3, 0.4) is 0 Å². The number of rotatable bonds is 4. The molecule has 2 aliphatic heterocycles. The van der Waals surface area contributed by atoms with E-state index in [9.17, 15) is 14.4 Å². The van der Waals surface area contributed by atoms with Gasteiger partial charge in [0.05, 0.1) is 16.5 Å². The first-order valence-electron chi connectivity index (χ1n) is 9.39. The van der Waals surface area contributed by atoms with Crippen LogP contribution in [0.1, 0.15) is 16.7 Å². The van der Waals surface area contributed by atoms with Gasteiger partial charge in [-0.2, -0.15) is 0 Å². The molecule has 6 nitrogen and oxygen atoms in total. The number of fused-ring (bicyclic) bond motifs is 1. The highest BCUT2D eigenvalue weighted by molar-refractivity contribution is 9.10. The highest BCUT2D eigenvalue weighted by atomic mass is 79.9. The molecule has 1 fully saturated rings. The monoisotopic (exact) mass is 486 g/mol. The van der Waals surface area contributed by atoms with Crippen LogP contribution in [0.4, 0.5) is 4.79 Å². The number of hydrogen-bond donors (Lipinski definition) is 0. The van der Waals surface area contributed by atoms with E-state index in [0.29, 0.717) is 23.7 Å². The van der Waals surface area contributed by atoms with Crippen LogP contribution in [0.2, 0.25) is 0 Å². The van der Waals surface area contributed by atoms with Crippen LogP contribution >= 0.6 is 27.7 Å². The summed E-state index contributed by atoms with van der Waals surface area (Å²) in [5.74, 6) is 0.0110. The van der Waals surface area contributed by atoms with Gasteiger partial charge in [-0.05, 0) is 69.0 Å². The summed E-state index contributed by atoms with van der Waals surface area (Å²) < 4.78 is 5.95. The molecule has 2 aromatic rings. The van der Waals surface area contributed by atoms with Gasteiger partial charge in [0.1, 0.15) is 12.3 Å². The fourth-order valence-electron chi connectivity index (χ4n) is 3.50. The number of carbonyl (C=O) groups excluding carboxylic acids is 3. The first kappa shape index (κ1) is 20.7. The van der Waals surface area contributed by atoms with Crippen molar-refractivity contribution in [2.45, 2.75) is 13.0 Å². The molecule has 0 saturated carbocycles. The zero-order valence-corrected chi connectivity index (χ0v) is 18.7. The molecule has 0 bridgehead atoms. The number of methoxy groups -OCH3 is 1. The Morgan fingerprint density at radius 1 is 1.20 bits per heavy atom. The molecule has 4 rings (SSSR count). The topological polar surface area (TPSA) is 66.9 Å². The molecule has 2 aromatic carbocycles. The zero-order chi connectivity index (χ0) is 21.3. The Kier molecular flexibility index (Phi) is 5.97. The van der Waals surface area contributed by atoms with Gasteiger partial charge in [-0.25, -0.2) is 0 Å². The zero-order valence-electron chi connectivity index (χ0n) is 16.3. The molecule has 0 spiro atoms. The molecular formula is C22H19BrN2O4S. The number of thioether (sulfide) groups is 1. The van der Waals surface area contributed by atoms with Gasteiger partial charge in [0.2, 0.25) is 5.91 Å². The van der Waals surface area contributed by atoms with E-state index in [0.717, 1.165) is 38.7 Å². The van der Waals surface area contributed by atoms with Crippen LogP contribution in [-0.2, 0) is 22.6 Å². The molecule has 30 heavy (non-hydrogen) atoms. The van der Waals surface area contributed by atoms with E-state index in [4.69, 9.17) is 4.74 Å². The minimum atomic E-state index is -0.442. The summed E-state index contributed by atoms with van der Waals surface area (Å²) in [4.78, 5) is 40.9. The molecule has 3 amide bonds. The predicted octanol–water partition coefficient (Wildman–Crippen LogP) is 4.08. The SMILES string of the molecule is COc1ccc(/C=C2/SC(=O)N(CC(=O)N3CCc4ccccc4C3)C2=O)cc1Br. The van der Waals surface area contributed by atoms with Crippen molar-refractivity contribution in [1.82, 2.24) is 9.80 Å². The van der Waals surface area contributed by atoms with Crippen molar-refractivity contribution in [3.63, 3.8) is 0 Å². The van der Waals surface area contributed by atoms with Gasteiger partial charge >= 0.3 is 0 Å². The fraction of sp³-hybridized carbons (Fsp3) is 0.227. The quantitative estimate of drug-likeness (QED) is 0.609. The maximum Gasteiger partial charge on any atom is 0.294 e. The predicted molar refractivity (Wildman–Crippen MR) is 119 cm³/mol. The van der Waals surface area contributed by atoms with Crippen molar-refractivity contribution in [2.24, 2.45) is 0 Å². The van der Waals surface area contributed by atoms with Gasteiger partial charge in [0.15, 0.2) is 0 Å². The summed E-state index contributed by atoms with van der Waals surface area (Å²) >= 11 is 4.26. The standard InChI is InChI=1S/C22H19BrN2O4S/c1-29-18-7-6-14(10-17(18)23)11-19-21(27)25(22(28)30-19)13-20(26)24-9-8-15-4-2-3-5-16(15)12-24/h2-7,10-11H,8-9,12-13H2,1H3/b19-11+. The normalized spacial score (nSPS) is 17.5. The second kappa shape index (κ2) is 8.65. The molecule has 154 valence electrons. The number of carbonyl (C=O) groups is 3. The molecule has 2 aliphatic rings. The minimum absolute atomic E-state index is 0.222. The van der Waals surface area contributed by atoms with Gasteiger partial charge in [-0.3, -0.25) is 19.3 Å². The third kappa shape index (κ3) is 4.15. The van der Waals surface area contributed by atoms with Crippen LogP contribution in [-0.4, -0.2) is 47.1 Å². The summed E-state index contributed by atoms with van der Waals surface area (Å²) in [7, 11) is 1.57. The minimum Gasteiger partial charge on any atom is -0.496 e. The highest BCUT2D eigenvalue weighted by Crippen LogP contribution is 2.34. The molecule has 0 aliphatic carbocycles. The lowest BCUT2D eigenvalue weighted by Crippen LogP contribution is -2.44. The Balaban J connectivity index is 1.45. The van der Waals surface area contributed by atoms with Gasteiger partial charge in [-0.15, -0.1) is 0 Å². The number of imide groups is 1. The average molecular weight is 487 g/mol. The van der Waals surface area contributed by atoms with Crippen molar-refractivity contribution in [2.75, 3.05) is 20.2 Å². The van der Waals surface area contributed by atoms with E-state index >= 15 is 0 Å². The molecule has 0 unspecified atom stereocenters. The number of amides is 3. The Morgan fingerprint density at radius 3 is 2.70 bits per heavy atom. The van der Waals surface area contributed by atoms with E-state index in [1.54, 1.807) is 30.2 Å². The van der Waals surface area contributed by atoms with E-state index < -0.39 is 11.1 Å². The first-order chi connectivity index (χ1) is 14.5. The molecule has 2 heterocycles. The van der Waals surface area contributed by atoms with E-state index in [1.165, 1.54) is 5.56 Å². The van der Waals surface area contributed by atoms with E-state index in [1.807, 2.05) is 24.3 Å². The van der Waals surface area contributed by atoms with Crippen molar-refractivity contribution in [1.29, 1.82) is 0 Å². The number of benzene rings is 2. The molecule has 1 saturated heterocycles. The smallest absolute Gasteiger partial charge is 0.294 e. The van der Waals surface area contributed by atoms with Crippen LogP contribution < -0.4 is 4.74 Å². The maximum atomic E-state index is 12.8. The van der Waals surface area contributed by atoms with Gasteiger partial charge in [0.25, 0.3) is 11.1 Å². The number of nitrogens with zero attached hydrogens (tertiary/aromatic N) is 2. The van der Waals surface area contributed by atoms with Crippen molar-refractivity contribution < 1.29 is 19.1 Å². The largest absolute Gasteiger partial charge is 0.496 e. The lowest BCUT2D eigenvalue weighted by molar-refractivity contribution is -0.136. The number of hydrogen-bond acceptors (Lipinski definition) is 5. The number of ether oxygens (including phenoxy) is 1. The number of halogens is 1. The fourth-order valence-corrected chi connectivity index (χ4v) is 4.90. The summed E-state index contributed by atoms with van der Waals surface area (Å²) in [6.45, 7) is 0.846. The van der Waals surface area contributed by atoms with Crippen LogP contribution in [0, 0.1) is 0 Å². The first-order valence-corrected chi connectivity index (χ1v) is 11.0. The van der Waals surface area contributed by atoms with Crippen molar-refractivity contribution in [3.8, 4) is 5.75 Å². The van der Waals surface area contributed by atoms with E-state index in [-0.39, 0.29) is 12.5 Å². The third-order valence-electron chi connectivity index (χ3n) is 5.12. The Morgan fingerprint density at radius 2 is 1.97 bits per heavy atom. The average Bonchev–Trinajstić information content (AvgIpc) is 3.00. The molecule has 0 atom stereocenters. The second-order valence-electron chi connectivity index (χ2n) is 7.00. The Labute approximate surface area is 187 Å². The second-order valence-corrected chi connectivity index (χ2v) is 8.84. The lowest BCUT2D eigenvalue weighted by Gasteiger charge is -2.29. The Bertz CT molecular complexity index is 1070. The molecule has 8 heteroatoms. The molecule has 0 radical (unpaired) electrons. The summed E-state index contributed by atoms with van der Waals surface area (Å²) in [6.07, 6.45) is 2.42. The Hall–Kier alpha value is -2.58. The van der Waals surface area contributed by atoms with Gasteiger partial charge in [-0.1, -0.05) is 30.3 Å². The third-order valence-corrected chi connectivity index (χ3v) is 6.65. The van der Waals surface area contributed by atoms with Crippen LogP contribution in [0.15, 0.2) is 51.8 Å². The van der Waals surface area contributed by atoms with Crippen LogP contribution in [0.25, 0.3) is 6.08 Å². The van der Waals surface area contributed by atoms with Crippen LogP contribution in [0.5, 0.6) is 5.75 Å². The molecule has 0 aromatic heterocycles. The molecular weight excluding hydrogens is 468 g/mol. The van der Waals surface area contributed by atoms with E-state index in [2.05, 4.69) is 22.0 Å². The van der Waals surface area contributed by atoms with Gasteiger partial charge < -0.3 is 9.64 Å². The summed E-state index contributed by atoms with van der Waals surface area (Å²) in [5, 5.41) is -0.426. The highest BCUT2D eigenvalue weighted by Gasteiger charge is 2.37. The lowest BCUT2D eigenvalue weighted by atomic mass is 10.00. The summed E-state index contributed by atoms with van der Waals surface area (Å²) in [5.41, 5.74) is 3.10.